The van der Waals surface area contributed by atoms with Gasteiger partial charge in [0, 0.05) is 6.54 Å². The highest BCUT2D eigenvalue weighted by Crippen LogP contribution is 2.09. The molecule has 0 saturated carbocycles. The molecule has 0 aliphatic carbocycles. The maximum atomic E-state index is 11.6. The van der Waals surface area contributed by atoms with E-state index in [1.165, 1.54) is 25.7 Å². The Kier molecular flexibility index (Phi) is 5.60. The molecule has 3 heteroatoms. The predicted molar refractivity (Wildman–Crippen MR) is 58.2 cm³/mol. The van der Waals surface area contributed by atoms with Crippen molar-refractivity contribution in [2.75, 3.05) is 13.1 Å². The van der Waals surface area contributed by atoms with Gasteiger partial charge >= 0.3 is 0 Å². The molecule has 1 rings (SSSR count). The molecule has 1 fully saturated rings. The van der Waals surface area contributed by atoms with E-state index in [9.17, 15) is 4.79 Å². The lowest BCUT2D eigenvalue weighted by Gasteiger charge is -2.20. The quantitative estimate of drug-likeness (QED) is 0.720. The van der Waals surface area contributed by atoms with Gasteiger partial charge in [-0.25, -0.2) is 0 Å². The molecule has 0 radical (unpaired) electrons. The molecule has 2 N–H and O–H groups in total. The maximum Gasteiger partial charge on any atom is 0.237 e. The van der Waals surface area contributed by atoms with Crippen LogP contribution in [0.5, 0.6) is 0 Å². The second-order valence-electron chi connectivity index (χ2n) is 4.00. The summed E-state index contributed by atoms with van der Waals surface area (Å²) in [7, 11) is 0. The Morgan fingerprint density at radius 3 is 2.93 bits per heavy atom. The predicted octanol–water partition coefficient (Wildman–Crippen LogP) is 1.43. The van der Waals surface area contributed by atoms with Gasteiger partial charge in [-0.15, -0.1) is 0 Å². The molecule has 1 aliphatic heterocycles. The first-order valence-electron chi connectivity index (χ1n) is 5.85. The molecule has 0 aromatic heterocycles. The molecule has 14 heavy (non-hydrogen) atoms. The zero-order chi connectivity index (χ0) is 10.2. The van der Waals surface area contributed by atoms with Gasteiger partial charge in [0.15, 0.2) is 0 Å². The van der Waals surface area contributed by atoms with E-state index < -0.39 is 0 Å². The Morgan fingerprint density at radius 1 is 1.36 bits per heavy atom. The van der Waals surface area contributed by atoms with Crippen molar-refractivity contribution in [2.24, 2.45) is 0 Å². The molecule has 1 amide bonds. The van der Waals surface area contributed by atoms with Crippen LogP contribution < -0.4 is 10.6 Å². The Bertz CT molecular complexity index is 163. The molecule has 1 saturated heterocycles. The normalized spacial score (nSPS) is 23.6. The smallest absolute Gasteiger partial charge is 0.237 e. The summed E-state index contributed by atoms with van der Waals surface area (Å²) >= 11 is 0. The van der Waals surface area contributed by atoms with Crippen LogP contribution in [0.4, 0.5) is 0 Å². The Labute approximate surface area is 86.6 Å². The number of nitrogens with one attached hydrogen (secondary N) is 2. The van der Waals surface area contributed by atoms with Gasteiger partial charge in [-0.05, 0) is 25.8 Å². The van der Waals surface area contributed by atoms with Crippen molar-refractivity contribution in [3.8, 4) is 0 Å². The van der Waals surface area contributed by atoms with Crippen LogP contribution in [-0.2, 0) is 4.79 Å². The van der Waals surface area contributed by atoms with E-state index >= 15 is 0 Å². The fourth-order valence-corrected chi connectivity index (χ4v) is 1.80. The highest BCUT2D eigenvalue weighted by molar-refractivity contribution is 5.81. The van der Waals surface area contributed by atoms with E-state index in [0.717, 1.165) is 25.9 Å². The summed E-state index contributed by atoms with van der Waals surface area (Å²) in [5.41, 5.74) is 0. The van der Waals surface area contributed by atoms with Crippen molar-refractivity contribution >= 4 is 5.91 Å². The first kappa shape index (κ1) is 11.5. The van der Waals surface area contributed by atoms with Crippen molar-refractivity contribution < 1.29 is 4.79 Å². The Hall–Kier alpha value is -0.570. The van der Waals surface area contributed by atoms with Gasteiger partial charge in [-0.3, -0.25) is 4.79 Å². The summed E-state index contributed by atoms with van der Waals surface area (Å²) in [4.78, 5) is 11.6. The van der Waals surface area contributed by atoms with Crippen molar-refractivity contribution in [1.82, 2.24) is 10.6 Å². The van der Waals surface area contributed by atoms with Gasteiger partial charge in [-0.1, -0.05) is 26.2 Å². The molecule has 1 atom stereocenters. The third-order valence-electron chi connectivity index (χ3n) is 2.68. The highest BCUT2D eigenvalue weighted by Gasteiger charge is 2.17. The number of amides is 1. The first-order valence-corrected chi connectivity index (χ1v) is 5.85. The second-order valence-corrected chi connectivity index (χ2v) is 4.00. The summed E-state index contributed by atoms with van der Waals surface area (Å²) < 4.78 is 0. The lowest BCUT2D eigenvalue weighted by Crippen LogP contribution is -2.45. The first-order chi connectivity index (χ1) is 6.84. The van der Waals surface area contributed by atoms with Crippen LogP contribution in [0.3, 0.4) is 0 Å². The second kappa shape index (κ2) is 6.82. The number of carbonyl (C=O) groups excluding carboxylic acids is 1. The lowest BCUT2D eigenvalue weighted by atomic mass is 10.0. The van der Waals surface area contributed by atoms with Gasteiger partial charge in [0.05, 0.1) is 6.04 Å². The number of rotatable bonds is 3. The maximum absolute atomic E-state index is 11.6. The number of carbonyl (C=O) groups is 1. The summed E-state index contributed by atoms with van der Waals surface area (Å²) in [5, 5.41) is 6.27. The van der Waals surface area contributed by atoms with Crippen LogP contribution in [0.15, 0.2) is 0 Å². The van der Waals surface area contributed by atoms with E-state index in [0.29, 0.717) is 0 Å². The summed E-state index contributed by atoms with van der Waals surface area (Å²) in [6.07, 6.45) is 6.97. The van der Waals surface area contributed by atoms with Crippen LogP contribution in [0.2, 0.25) is 0 Å². The molecule has 1 unspecified atom stereocenters. The van der Waals surface area contributed by atoms with Gasteiger partial charge in [0.2, 0.25) is 5.91 Å². The molecule has 1 aliphatic rings. The molecule has 0 aromatic carbocycles. The van der Waals surface area contributed by atoms with Crippen molar-refractivity contribution in [3.05, 3.63) is 0 Å². The van der Waals surface area contributed by atoms with E-state index in [4.69, 9.17) is 0 Å². The Balaban J connectivity index is 2.27. The lowest BCUT2D eigenvalue weighted by molar-refractivity contribution is -0.123. The van der Waals surface area contributed by atoms with E-state index in [1.807, 2.05) is 0 Å². The van der Waals surface area contributed by atoms with Crippen LogP contribution >= 0.6 is 0 Å². The van der Waals surface area contributed by atoms with Crippen LogP contribution in [0.25, 0.3) is 0 Å². The summed E-state index contributed by atoms with van der Waals surface area (Å²) in [6.45, 7) is 3.87. The zero-order valence-corrected chi connectivity index (χ0v) is 9.14. The molecule has 0 spiro atoms. The molecule has 1 heterocycles. The average molecular weight is 198 g/mol. The number of hydrogen-bond donors (Lipinski definition) is 2. The molecule has 3 nitrogen and oxygen atoms in total. The monoisotopic (exact) mass is 198 g/mol. The minimum Gasteiger partial charge on any atom is -0.355 e. The van der Waals surface area contributed by atoms with Gasteiger partial charge < -0.3 is 10.6 Å². The minimum absolute atomic E-state index is 0.0573. The third-order valence-corrected chi connectivity index (χ3v) is 2.68. The fraction of sp³-hybridized carbons (Fsp3) is 0.909. The molecule has 82 valence electrons. The van der Waals surface area contributed by atoms with E-state index in [2.05, 4.69) is 17.6 Å². The molecule has 0 bridgehead atoms. The average Bonchev–Trinajstić information content (AvgIpc) is 2.13. The van der Waals surface area contributed by atoms with Gasteiger partial charge in [-0.2, -0.15) is 0 Å². The van der Waals surface area contributed by atoms with Crippen LogP contribution in [0.1, 0.15) is 45.4 Å². The topological polar surface area (TPSA) is 41.1 Å². The highest BCUT2D eigenvalue weighted by atomic mass is 16.2. The SMILES string of the molecule is CCCNC(=O)C1CCCCCCN1. The van der Waals surface area contributed by atoms with Crippen molar-refractivity contribution in [2.45, 2.75) is 51.5 Å². The Morgan fingerprint density at radius 2 is 2.14 bits per heavy atom. The summed E-state index contributed by atoms with van der Waals surface area (Å²) in [6, 6.07) is 0.0573. The van der Waals surface area contributed by atoms with E-state index in [1.54, 1.807) is 0 Å². The van der Waals surface area contributed by atoms with Gasteiger partial charge in [0.25, 0.3) is 0 Å². The largest absolute Gasteiger partial charge is 0.355 e. The van der Waals surface area contributed by atoms with Gasteiger partial charge in [0.1, 0.15) is 0 Å². The van der Waals surface area contributed by atoms with Crippen molar-refractivity contribution in [1.29, 1.82) is 0 Å². The van der Waals surface area contributed by atoms with Crippen LogP contribution in [-0.4, -0.2) is 25.0 Å². The van der Waals surface area contributed by atoms with Crippen molar-refractivity contribution in [3.63, 3.8) is 0 Å². The molecule has 0 aromatic rings. The fourth-order valence-electron chi connectivity index (χ4n) is 1.80. The zero-order valence-electron chi connectivity index (χ0n) is 9.14. The molecular formula is C11H22N2O. The molecular weight excluding hydrogens is 176 g/mol. The number of hydrogen-bond acceptors (Lipinski definition) is 2. The third kappa shape index (κ3) is 4.09. The minimum atomic E-state index is 0.0573. The summed E-state index contributed by atoms with van der Waals surface area (Å²) in [5.74, 6) is 0.189. The van der Waals surface area contributed by atoms with Crippen LogP contribution in [0, 0.1) is 0 Å². The van der Waals surface area contributed by atoms with E-state index in [-0.39, 0.29) is 11.9 Å². The standard InChI is InChI=1S/C11H22N2O/c1-2-8-13-11(14)10-7-5-3-4-6-9-12-10/h10,12H,2-9H2,1H3,(H,13,14).